The first-order chi connectivity index (χ1) is 10.6. The highest BCUT2D eigenvalue weighted by molar-refractivity contribution is 7.04. The van der Waals surface area contributed by atoms with E-state index in [1.165, 1.54) is 22.7 Å². The van der Waals surface area contributed by atoms with Crippen LogP contribution in [0.5, 0.6) is 0 Å². The Hall–Kier alpha value is -1.92. The third-order valence-electron chi connectivity index (χ3n) is 4.28. The van der Waals surface area contributed by atoms with Gasteiger partial charge >= 0.3 is 0 Å². The van der Waals surface area contributed by atoms with E-state index in [0.717, 1.165) is 13.0 Å². The molecule has 2 heterocycles. The molecule has 0 aliphatic carbocycles. The molecule has 0 saturated heterocycles. The molecule has 0 bridgehead atoms. The van der Waals surface area contributed by atoms with E-state index in [-0.39, 0.29) is 5.91 Å². The Morgan fingerprint density at radius 2 is 2.18 bits per heavy atom. The number of rotatable bonds is 3. The lowest BCUT2D eigenvalue weighted by molar-refractivity contribution is 0.0735. The van der Waals surface area contributed by atoms with Crippen LogP contribution in [0.15, 0.2) is 29.6 Å². The molecule has 0 saturated carbocycles. The number of anilines is 1. The highest BCUT2D eigenvalue weighted by Crippen LogP contribution is 2.23. The maximum atomic E-state index is 12.4. The molecule has 1 aliphatic rings. The number of carbonyl (C=O) groups is 1. The average Bonchev–Trinajstić information content (AvgIpc) is 2.93. The molecule has 1 aliphatic heterocycles. The number of hydrogen-bond donors (Lipinski definition) is 1. The largest absolute Gasteiger partial charge is 0.382 e. The predicted molar refractivity (Wildman–Crippen MR) is 88.9 cm³/mol. The number of hydrogen-bond acceptors (Lipinski definition) is 5. The molecule has 0 radical (unpaired) electrons. The molecule has 1 amide bonds. The smallest absolute Gasteiger partial charge is 0.258 e. The number of aromatic nitrogens is 1. The van der Waals surface area contributed by atoms with Gasteiger partial charge in [0, 0.05) is 31.6 Å². The van der Waals surface area contributed by atoms with Crippen LogP contribution in [0.25, 0.3) is 0 Å². The summed E-state index contributed by atoms with van der Waals surface area (Å²) in [5, 5.41) is 1.72. The minimum atomic E-state index is -0.0569. The summed E-state index contributed by atoms with van der Waals surface area (Å²) >= 11 is 1.22. The lowest BCUT2D eigenvalue weighted by Gasteiger charge is -2.36. The van der Waals surface area contributed by atoms with Gasteiger partial charge in [-0.15, -0.1) is 0 Å². The van der Waals surface area contributed by atoms with Gasteiger partial charge in [0.2, 0.25) is 0 Å². The zero-order valence-corrected chi connectivity index (χ0v) is 13.6. The Labute approximate surface area is 134 Å². The van der Waals surface area contributed by atoms with Crippen molar-refractivity contribution in [1.82, 2.24) is 14.2 Å². The summed E-state index contributed by atoms with van der Waals surface area (Å²) in [6.45, 7) is 1.60. The maximum Gasteiger partial charge on any atom is 0.258 e. The maximum absolute atomic E-state index is 12.4. The van der Waals surface area contributed by atoms with E-state index in [4.69, 9.17) is 5.73 Å². The molecular formula is C16H20N4OS. The fraction of sp³-hybridized carbons (Fsp3) is 0.375. The molecule has 5 nitrogen and oxygen atoms in total. The van der Waals surface area contributed by atoms with Crippen LogP contribution in [-0.2, 0) is 13.0 Å². The van der Waals surface area contributed by atoms with Crippen molar-refractivity contribution in [2.75, 3.05) is 26.4 Å². The van der Waals surface area contributed by atoms with Crippen LogP contribution in [-0.4, -0.2) is 46.8 Å². The van der Waals surface area contributed by atoms with Crippen LogP contribution >= 0.6 is 11.5 Å². The highest BCUT2D eigenvalue weighted by Gasteiger charge is 2.26. The second kappa shape index (κ2) is 6.06. The Morgan fingerprint density at radius 1 is 1.45 bits per heavy atom. The van der Waals surface area contributed by atoms with Crippen molar-refractivity contribution in [2.45, 2.75) is 19.0 Å². The molecule has 1 atom stereocenters. The molecule has 3 rings (SSSR count). The molecule has 6 heteroatoms. The molecule has 1 aromatic carbocycles. The van der Waals surface area contributed by atoms with E-state index >= 15 is 0 Å². The lowest BCUT2D eigenvalue weighted by atomic mass is 9.94. The summed E-state index contributed by atoms with van der Waals surface area (Å²) < 4.78 is 3.97. The topological polar surface area (TPSA) is 62.5 Å². The molecule has 1 unspecified atom stereocenters. The molecule has 0 spiro atoms. The summed E-state index contributed by atoms with van der Waals surface area (Å²) in [6, 6.07) is 8.83. The molecule has 116 valence electrons. The van der Waals surface area contributed by atoms with E-state index in [2.05, 4.69) is 40.6 Å². The Balaban J connectivity index is 1.71. The summed E-state index contributed by atoms with van der Waals surface area (Å²) in [5.74, 6) is 0.266. The predicted octanol–water partition coefficient (Wildman–Crippen LogP) is 1.85. The van der Waals surface area contributed by atoms with Crippen molar-refractivity contribution in [3.05, 3.63) is 46.3 Å². The molecule has 0 fully saturated rings. The molecular weight excluding hydrogens is 296 g/mol. The van der Waals surface area contributed by atoms with Crippen molar-refractivity contribution in [3.8, 4) is 0 Å². The second-order valence-electron chi connectivity index (χ2n) is 5.84. The van der Waals surface area contributed by atoms with Gasteiger partial charge in [0.05, 0.1) is 5.56 Å². The molecule has 22 heavy (non-hydrogen) atoms. The Bertz CT molecular complexity index is 684. The summed E-state index contributed by atoms with van der Waals surface area (Å²) in [6.07, 6.45) is 0.960. The number of fused-ring (bicyclic) bond motifs is 1. The second-order valence-corrected chi connectivity index (χ2v) is 6.47. The zero-order valence-electron chi connectivity index (χ0n) is 12.8. The Kier molecular flexibility index (Phi) is 4.13. The van der Waals surface area contributed by atoms with E-state index in [1.807, 2.05) is 7.05 Å². The first kappa shape index (κ1) is 15.0. The van der Waals surface area contributed by atoms with Gasteiger partial charge in [0.15, 0.2) is 0 Å². The summed E-state index contributed by atoms with van der Waals surface area (Å²) in [4.78, 5) is 16.5. The molecule has 2 aromatic rings. The van der Waals surface area contributed by atoms with Crippen molar-refractivity contribution in [2.24, 2.45) is 0 Å². The van der Waals surface area contributed by atoms with Crippen LogP contribution < -0.4 is 5.73 Å². The number of likely N-dealkylation sites (N-methyl/N-ethyl adjacent to an activating group) is 2. The van der Waals surface area contributed by atoms with Crippen LogP contribution in [0.3, 0.4) is 0 Å². The fourth-order valence-electron chi connectivity index (χ4n) is 2.93. The first-order valence-electron chi connectivity index (χ1n) is 7.28. The van der Waals surface area contributed by atoms with Crippen LogP contribution in [0.1, 0.15) is 21.5 Å². The van der Waals surface area contributed by atoms with Gasteiger partial charge in [0.25, 0.3) is 5.91 Å². The van der Waals surface area contributed by atoms with Gasteiger partial charge in [-0.1, -0.05) is 24.3 Å². The quantitative estimate of drug-likeness (QED) is 0.939. The number of nitrogens with two attached hydrogens (primary N) is 1. The fourth-order valence-corrected chi connectivity index (χ4v) is 3.52. The minimum Gasteiger partial charge on any atom is -0.382 e. The number of carbonyl (C=O) groups excluding carboxylic acids is 1. The standard InChI is InChI=1S/C16H20N4OS/c1-19-8-12-6-4-3-5-11(12)7-13(19)9-20(2)16(21)14-10-22-18-15(14)17/h3-6,10,13H,7-9H2,1-2H3,(H2,17,18). The number of nitrogens with zero attached hydrogens (tertiary/aromatic N) is 3. The number of amides is 1. The van der Waals surface area contributed by atoms with Crippen molar-refractivity contribution < 1.29 is 4.79 Å². The van der Waals surface area contributed by atoms with Gasteiger partial charge in [-0.25, -0.2) is 0 Å². The van der Waals surface area contributed by atoms with E-state index < -0.39 is 0 Å². The van der Waals surface area contributed by atoms with E-state index in [0.29, 0.717) is 24.0 Å². The van der Waals surface area contributed by atoms with Crippen LogP contribution in [0.2, 0.25) is 0 Å². The normalized spacial score (nSPS) is 18.0. The van der Waals surface area contributed by atoms with Crippen molar-refractivity contribution in [1.29, 1.82) is 0 Å². The SMILES string of the molecule is CN(CC1Cc2ccccc2CN1C)C(=O)c1csnc1N. The average molecular weight is 316 g/mol. The van der Waals surface area contributed by atoms with E-state index in [9.17, 15) is 4.79 Å². The number of benzene rings is 1. The van der Waals surface area contributed by atoms with Gasteiger partial charge in [-0.05, 0) is 36.1 Å². The Morgan fingerprint density at radius 3 is 2.86 bits per heavy atom. The molecule has 2 N–H and O–H groups in total. The molecule has 1 aromatic heterocycles. The van der Waals surface area contributed by atoms with Crippen molar-refractivity contribution >= 4 is 23.3 Å². The first-order valence-corrected chi connectivity index (χ1v) is 8.12. The third-order valence-corrected chi connectivity index (χ3v) is 4.92. The highest BCUT2D eigenvalue weighted by atomic mass is 32.1. The van der Waals surface area contributed by atoms with E-state index in [1.54, 1.807) is 10.3 Å². The number of nitrogen functional groups attached to an aromatic ring is 1. The minimum absolute atomic E-state index is 0.0569. The van der Waals surface area contributed by atoms with Crippen molar-refractivity contribution in [3.63, 3.8) is 0 Å². The monoisotopic (exact) mass is 316 g/mol. The van der Waals surface area contributed by atoms with Crippen LogP contribution in [0.4, 0.5) is 5.82 Å². The van der Waals surface area contributed by atoms with Crippen LogP contribution in [0, 0.1) is 0 Å². The van der Waals surface area contributed by atoms with Gasteiger partial charge < -0.3 is 10.6 Å². The third kappa shape index (κ3) is 2.84. The van der Waals surface area contributed by atoms with Gasteiger partial charge in [-0.2, -0.15) is 4.37 Å². The van der Waals surface area contributed by atoms with Gasteiger partial charge in [0.1, 0.15) is 5.82 Å². The summed E-state index contributed by atoms with van der Waals surface area (Å²) in [5.41, 5.74) is 9.00. The zero-order chi connectivity index (χ0) is 15.7. The van der Waals surface area contributed by atoms with Gasteiger partial charge in [-0.3, -0.25) is 9.69 Å². The lowest BCUT2D eigenvalue weighted by Crippen LogP contribution is -2.46. The summed E-state index contributed by atoms with van der Waals surface area (Å²) in [7, 11) is 3.94.